The smallest absolute Gasteiger partial charge is 0.240 e. The summed E-state index contributed by atoms with van der Waals surface area (Å²) in [7, 11) is 0. The second-order valence-electron chi connectivity index (χ2n) is 7.07. The number of aromatic nitrogens is 4. The minimum absolute atomic E-state index is 0.133. The van der Waals surface area contributed by atoms with E-state index in [1.54, 1.807) is 25.4 Å². The van der Waals surface area contributed by atoms with E-state index in [-0.39, 0.29) is 12.5 Å². The molecule has 0 bridgehead atoms. The number of nitrogens with zero attached hydrogens (tertiary/aromatic N) is 4. The Balaban J connectivity index is 0.000000806. The van der Waals surface area contributed by atoms with Crippen molar-refractivity contribution in [1.29, 1.82) is 0 Å². The number of carbonyl (C=O) groups excluding carboxylic acids is 1. The topological polar surface area (TPSA) is 133 Å². The molecule has 3 aromatic rings. The second kappa shape index (κ2) is 9.84. The number of anilines is 1. The van der Waals surface area contributed by atoms with E-state index in [0.29, 0.717) is 43.1 Å². The minimum atomic E-state index is -0.886. The molecule has 0 spiro atoms. The molecule has 1 saturated heterocycles. The lowest BCUT2D eigenvalue weighted by Crippen LogP contribution is -2.59. The summed E-state index contributed by atoms with van der Waals surface area (Å²) >= 11 is 5.88. The van der Waals surface area contributed by atoms with Crippen LogP contribution < -0.4 is 16.0 Å². The number of piperidine rings is 1. The maximum absolute atomic E-state index is 12.7. The van der Waals surface area contributed by atoms with Crippen molar-refractivity contribution in [2.75, 3.05) is 24.6 Å². The number of benzene rings is 1. The van der Waals surface area contributed by atoms with Gasteiger partial charge in [-0.2, -0.15) is 0 Å². The van der Waals surface area contributed by atoms with Crippen molar-refractivity contribution in [3.63, 3.8) is 0 Å². The third-order valence-corrected chi connectivity index (χ3v) is 5.23. The molecule has 160 valence electrons. The molecule has 10 heteroatoms. The minimum Gasteiger partial charge on any atom is -0.397 e. The lowest BCUT2D eigenvalue weighted by molar-refractivity contribution is -0.127. The Morgan fingerprint density at radius 2 is 1.93 bits per heavy atom. The maximum atomic E-state index is 12.7. The number of aromatic amines is 1. The van der Waals surface area contributed by atoms with Gasteiger partial charge in [-0.1, -0.05) is 23.7 Å². The summed E-state index contributed by atoms with van der Waals surface area (Å²) < 4.78 is 0. The molecule has 1 aliphatic rings. The summed E-state index contributed by atoms with van der Waals surface area (Å²) in [6, 6.07) is 7.38. The number of nitrogens with two attached hydrogens (primary N) is 1. The van der Waals surface area contributed by atoms with E-state index < -0.39 is 5.54 Å². The highest BCUT2D eigenvalue weighted by Crippen LogP contribution is 2.27. The Kier molecular flexibility index (Phi) is 7.20. The highest BCUT2D eigenvalue weighted by Gasteiger charge is 2.38. The standard InChI is InChI=1S/C18H20ClN7O.C2H6O/c19-13-3-1-12(2-4-13)9-21-17(27)18(20)5-7-26(8-6-18)16-14-15(23-10-22-14)24-11-25-16;1-2-3/h1-4,10-11H,5-9,20H2,(H,21,27)(H,22,23,24,25);3H,2H2,1H3. The monoisotopic (exact) mass is 431 g/mol. The number of amides is 1. The number of halogens is 1. The van der Waals surface area contributed by atoms with Gasteiger partial charge < -0.3 is 26.0 Å². The average Bonchev–Trinajstić information content (AvgIpc) is 3.23. The van der Waals surface area contributed by atoms with Crippen molar-refractivity contribution in [3.8, 4) is 0 Å². The molecule has 1 fully saturated rings. The summed E-state index contributed by atoms with van der Waals surface area (Å²) in [6.45, 7) is 3.63. The van der Waals surface area contributed by atoms with Crippen LogP contribution in [0.1, 0.15) is 25.3 Å². The van der Waals surface area contributed by atoms with Crippen molar-refractivity contribution in [2.24, 2.45) is 5.73 Å². The van der Waals surface area contributed by atoms with E-state index in [1.807, 2.05) is 12.1 Å². The average molecular weight is 432 g/mol. The zero-order valence-corrected chi connectivity index (χ0v) is 17.6. The summed E-state index contributed by atoms with van der Waals surface area (Å²) in [6.07, 6.45) is 4.18. The van der Waals surface area contributed by atoms with E-state index in [2.05, 4.69) is 30.2 Å². The van der Waals surface area contributed by atoms with Crippen molar-refractivity contribution >= 4 is 34.5 Å². The van der Waals surface area contributed by atoms with Gasteiger partial charge in [0.25, 0.3) is 0 Å². The molecule has 1 amide bonds. The van der Waals surface area contributed by atoms with Gasteiger partial charge >= 0.3 is 0 Å². The van der Waals surface area contributed by atoms with E-state index in [0.717, 1.165) is 16.9 Å². The molecule has 5 N–H and O–H groups in total. The Labute approximate surface area is 179 Å². The second-order valence-corrected chi connectivity index (χ2v) is 7.50. The first-order chi connectivity index (χ1) is 14.5. The number of imidazole rings is 1. The Morgan fingerprint density at radius 3 is 2.60 bits per heavy atom. The van der Waals surface area contributed by atoms with Crippen LogP contribution in [0.5, 0.6) is 0 Å². The first-order valence-electron chi connectivity index (χ1n) is 9.78. The van der Waals surface area contributed by atoms with Crippen LogP contribution in [-0.2, 0) is 11.3 Å². The molecule has 0 atom stereocenters. The molecular formula is C20H26ClN7O2. The van der Waals surface area contributed by atoms with E-state index >= 15 is 0 Å². The largest absolute Gasteiger partial charge is 0.397 e. The number of aliphatic hydroxyl groups is 1. The lowest BCUT2D eigenvalue weighted by Gasteiger charge is -2.38. The van der Waals surface area contributed by atoms with Crippen LogP contribution in [-0.4, -0.2) is 56.2 Å². The van der Waals surface area contributed by atoms with E-state index in [1.165, 1.54) is 6.33 Å². The molecule has 1 aromatic carbocycles. The lowest BCUT2D eigenvalue weighted by atomic mass is 9.87. The number of aliphatic hydroxyl groups excluding tert-OH is 1. The van der Waals surface area contributed by atoms with Crippen LogP contribution in [0.2, 0.25) is 5.02 Å². The molecule has 1 aliphatic heterocycles. The fraction of sp³-hybridized carbons (Fsp3) is 0.400. The first-order valence-corrected chi connectivity index (χ1v) is 10.2. The predicted octanol–water partition coefficient (Wildman–Crippen LogP) is 1.62. The number of H-pyrrole nitrogens is 1. The molecule has 9 nitrogen and oxygen atoms in total. The molecule has 30 heavy (non-hydrogen) atoms. The van der Waals surface area contributed by atoms with Crippen molar-refractivity contribution < 1.29 is 9.90 Å². The maximum Gasteiger partial charge on any atom is 0.240 e. The van der Waals surface area contributed by atoms with Gasteiger partial charge in [-0.25, -0.2) is 15.0 Å². The highest BCUT2D eigenvalue weighted by molar-refractivity contribution is 6.30. The van der Waals surface area contributed by atoms with Gasteiger partial charge in [0.1, 0.15) is 11.8 Å². The summed E-state index contributed by atoms with van der Waals surface area (Å²) in [4.78, 5) is 30.5. The molecule has 0 aliphatic carbocycles. The van der Waals surface area contributed by atoms with Crippen LogP contribution >= 0.6 is 11.6 Å². The van der Waals surface area contributed by atoms with Crippen LogP contribution in [0, 0.1) is 0 Å². The number of hydrogen-bond acceptors (Lipinski definition) is 7. The van der Waals surface area contributed by atoms with E-state index in [9.17, 15) is 4.79 Å². The Morgan fingerprint density at radius 1 is 1.27 bits per heavy atom. The molecule has 0 saturated carbocycles. The highest BCUT2D eigenvalue weighted by atomic mass is 35.5. The van der Waals surface area contributed by atoms with Gasteiger partial charge in [0.05, 0.1) is 11.9 Å². The number of nitrogens with one attached hydrogen (secondary N) is 2. The fourth-order valence-corrected chi connectivity index (χ4v) is 3.42. The first kappa shape index (κ1) is 21.9. The van der Waals surface area contributed by atoms with Crippen molar-refractivity contribution in [2.45, 2.75) is 31.8 Å². The summed E-state index contributed by atoms with van der Waals surface area (Å²) in [5.74, 6) is 0.660. The van der Waals surface area contributed by atoms with Crippen LogP contribution in [0.25, 0.3) is 11.2 Å². The third-order valence-electron chi connectivity index (χ3n) is 4.98. The molecule has 3 heterocycles. The Hall–Kier alpha value is -2.75. The number of fused-ring (bicyclic) bond motifs is 1. The van der Waals surface area contributed by atoms with Crippen molar-refractivity contribution in [1.82, 2.24) is 25.3 Å². The zero-order valence-electron chi connectivity index (χ0n) is 16.8. The van der Waals surface area contributed by atoms with Crippen LogP contribution in [0.3, 0.4) is 0 Å². The van der Waals surface area contributed by atoms with Gasteiger partial charge in [-0.3, -0.25) is 4.79 Å². The van der Waals surface area contributed by atoms with Gasteiger partial charge in [0.15, 0.2) is 11.5 Å². The fourth-order valence-electron chi connectivity index (χ4n) is 3.30. The van der Waals surface area contributed by atoms with Gasteiger partial charge in [-0.05, 0) is 37.5 Å². The molecule has 0 radical (unpaired) electrons. The van der Waals surface area contributed by atoms with Gasteiger partial charge in [0, 0.05) is 31.3 Å². The van der Waals surface area contributed by atoms with Crippen LogP contribution in [0.4, 0.5) is 5.82 Å². The number of carbonyl (C=O) groups is 1. The molecule has 2 aromatic heterocycles. The van der Waals surface area contributed by atoms with Crippen LogP contribution in [0.15, 0.2) is 36.9 Å². The summed E-state index contributed by atoms with van der Waals surface area (Å²) in [5, 5.41) is 11.2. The number of hydrogen-bond donors (Lipinski definition) is 4. The quantitative estimate of drug-likeness (QED) is 0.493. The summed E-state index contributed by atoms with van der Waals surface area (Å²) in [5.41, 5.74) is 7.94. The van der Waals surface area contributed by atoms with E-state index in [4.69, 9.17) is 22.4 Å². The van der Waals surface area contributed by atoms with Gasteiger partial charge in [-0.15, -0.1) is 0 Å². The predicted molar refractivity (Wildman–Crippen MR) is 116 cm³/mol. The zero-order chi connectivity index (χ0) is 21.6. The van der Waals surface area contributed by atoms with Gasteiger partial charge in [0.2, 0.25) is 5.91 Å². The third kappa shape index (κ3) is 5.05. The molecular weight excluding hydrogens is 406 g/mol. The Bertz CT molecular complexity index is 969. The molecule has 4 rings (SSSR count). The normalized spacial score (nSPS) is 15.4. The SMILES string of the molecule is CCO.NC1(C(=O)NCc2ccc(Cl)cc2)CCN(c2ncnc3nc[nH]c23)CC1. The van der Waals surface area contributed by atoms with Crippen molar-refractivity contribution in [3.05, 3.63) is 47.5 Å². The molecule has 0 unspecified atom stereocenters. The number of rotatable bonds is 4.